The van der Waals surface area contributed by atoms with Gasteiger partial charge in [-0.25, -0.2) is 8.78 Å². The number of hydrogen-bond donors (Lipinski definition) is 3. The number of ether oxygens (including phenoxy) is 1. The van der Waals surface area contributed by atoms with Gasteiger partial charge in [-0.15, -0.1) is 0 Å². The highest BCUT2D eigenvalue weighted by Crippen LogP contribution is 2.38. The Morgan fingerprint density at radius 3 is 2.21 bits per heavy atom. The zero-order chi connectivity index (χ0) is 24.3. The molecule has 0 aliphatic heterocycles. The van der Waals surface area contributed by atoms with Crippen LogP contribution in [0.4, 0.5) is 22.0 Å². The summed E-state index contributed by atoms with van der Waals surface area (Å²) in [5.74, 6) is -3.00. The third-order valence-electron chi connectivity index (χ3n) is 5.93. The van der Waals surface area contributed by atoms with Gasteiger partial charge in [0.25, 0.3) is 5.92 Å². The molecule has 0 radical (unpaired) electrons. The molecule has 3 rings (SSSR count). The Labute approximate surface area is 189 Å². The number of halogens is 5. The predicted molar refractivity (Wildman–Crippen MR) is 113 cm³/mol. The van der Waals surface area contributed by atoms with Crippen LogP contribution in [0.1, 0.15) is 40.7 Å². The fourth-order valence-electron chi connectivity index (χ4n) is 3.93. The van der Waals surface area contributed by atoms with Crippen molar-refractivity contribution in [2.75, 3.05) is 19.8 Å². The Bertz CT molecular complexity index is 958. The molecular formula is C24H28F5NO3. The van der Waals surface area contributed by atoms with E-state index in [1.165, 1.54) is 12.1 Å². The molecular weight excluding hydrogens is 445 g/mol. The predicted octanol–water partition coefficient (Wildman–Crippen LogP) is 4.07. The highest BCUT2D eigenvalue weighted by Gasteiger charge is 2.37. The van der Waals surface area contributed by atoms with Crippen molar-refractivity contribution < 1.29 is 36.9 Å². The fourth-order valence-corrected chi connectivity index (χ4v) is 3.93. The molecule has 0 heterocycles. The Hall–Kier alpha value is -2.23. The van der Waals surface area contributed by atoms with Crippen LogP contribution in [0.2, 0.25) is 0 Å². The van der Waals surface area contributed by atoms with Gasteiger partial charge in [-0.2, -0.15) is 13.2 Å². The number of aryl methyl sites for hydroxylation is 2. The van der Waals surface area contributed by atoms with Crippen LogP contribution < -0.4 is 10.5 Å². The first-order valence-electron chi connectivity index (χ1n) is 10.8. The SMILES string of the molecule is NC(CO)(CO)CCc1ccc(OCCCc2ccc3c(c2)CC(F)(F)C3)c(C(F)(F)F)c1. The summed E-state index contributed by atoms with van der Waals surface area (Å²) in [6.45, 7) is -0.927. The first-order chi connectivity index (χ1) is 15.4. The molecule has 4 nitrogen and oxygen atoms in total. The molecule has 0 bridgehead atoms. The third kappa shape index (κ3) is 6.65. The van der Waals surface area contributed by atoms with Crippen LogP contribution in [0.3, 0.4) is 0 Å². The molecule has 1 aliphatic rings. The van der Waals surface area contributed by atoms with Crippen molar-refractivity contribution in [2.45, 2.75) is 56.2 Å². The topological polar surface area (TPSA) is 75.7 Å². The van der Waals surface area contributed by atoms with Gasteiger partial charge in [-0.05, 0) is 60.1 Å². The van der Waals surface area contributed by atoms with Gasteiger partial charge in [0.05, 0.1) is 30.9 Å². The lowest BCUT2D eigenvalue weighted by Gasteiger charge is -2.24. The molecule has 0 saturated heterocycles. The van der Waals surface area contributed by atoms with Crippen LogP contribution in [0.15, 0.2) is 36.4 Å². The molecule has 182 valence electrons. The molecule has 2 aromatic rings. The number of aliphatic hydroxyl groups is 2. The van der Waals surface area contributed by atoms with Crippen LogP contribution in [0.5, 0.6) is 5.75 Å². The van der Waals surface area contributed by atoms with Gasteiger partial charge in [0.15, 0.2) is 0 Å². The summed E-state index contributed by atoms with van der Waals surface area (Å²) < 4.78 is 73.1. The molecule has 2 aromatic carbocycles. The summed E-state index contributed by atoms with van der Waals surface area (Å²) in [6.07, 6.45) is -3.97. The van der Waals surface area contributed by atoms with Gasteiger partial charge >= 0.3 is 6.18 Å². The summed E-state index contributed by atoms with van der Waals surface area (Å²) in [5.41, 5.74) is 6.09. The van der Waals surface area contributed by atoms with E-state index in [1.54, 1.807) is 18.2 Å². The normalized spacial score (nSPS) is 15.5. The molecule has 0 spiro atoms. The quantitative estimate of drug-likeness (QED) is 0.359. The minimum atomic E-state index is -4.62. The molecule has 33 heavy (non-hydrogen) atoms. The van der Waals surface area contributed by atoms with E-state index in [-0.39, 0.29) is 38.0 Å². The van der Waals surface area contributed by atoms with Crippen molar-refractivity contribution >= 4 is 0 Å². The van der Waals surface area contributed by atoms with E-state index in [2.05, 4.69) is 0 Å². The summed E-state index contributed by atoms with van der Waals surface area (Å²) in [4.78, 5) is 0. The molecule has 0 amide bonds. The van der Waals surface area contributed by atoms with Crippen molar-refractivity contribution in [3.63, 3.8) is 0 Å². The van der Waals surface area contributed by atoms with Crippen molar-refractivity contribution in [2.24, 2.45) is 5.73 Å². The average Bonchev–Trinajstić information content (AvgIpc) is 3.07. The lowest BCUT2D eigenvalue weighted by atomic mass is 9.93. The largest absolute Gasteiger partial charge is 0.493 e. The van der Waals surface area contributed by atoms with Crippen molar-refractivity contribution in [3.8, 4) is 5.75 Å². The second-order valence-electron chi connectivity index (χ2n) is 8.77. The monoisotopic (exact) mass is 473 g/mol. The molecule has 0 unspecified atom stereocenters. The highest BCUT2D eigenvalue weighted by atomic mass is 19.4. The Balaban J connectivity index is 1.59. The maximum absolute atomic E-state index is 13.6. The van der Waals surface area contributed by atoms with Gasteiger partial charge in [0.1, 0.15) is 5.75 Å². The van der Waals surface area contributed by atoms with E-state index in [9.17, 15) is 32.2 Å². The smallest absolute Gasteiger partial charge is 0.419 e. The van der Waals surface area contributed by atoms with Crippen LogP contribution >= 0.6 is 0 Å². The highest BCUT2D eigenvalue weighted by molar-refractivity contribution is 5.40. The second kappa shape index (κ2) is 9.95. The first-order valence-corrected chi connectivity index (χ1v) is 10.8. The standard InChI is InChI=1S/C24H28F5NO3/c25-23(26)12-18-5-3-16(10-19(18)13-23)2-1-9-33-21-6-4-17(11-20(21)24(27,28)29)7-8-22(30,14-31)15-32/h3-6,10-11,31-32H,1-2,7-9,12-15,30H2. The van der Waals surface area contributed by atoms with Gasteiger partial charge < -0.3 is 20.7 Å². The molecule has 0 aromatic heterocycles. The molecule has 4 N–H and O–H groups in total. The second-order valence-corrected chi connectivity index (χ2v) is 8.77. The third-order valence-corrected chi connectivity index (χ3v) is 5.93. The summed E-state index contributed by atoms with van der Waals surface area (Å²) >= 11 is 0. The minimum Gasteiger partial charge on any atom is -0.493 e. The van der Waals surface area contributed by atoms with Crippen molar-refractivity contribution in [3.05, 3.63) is 64.2 Å². The number of rotatable bonds is 10. The van der Waals surface area contributed by atoms with Crippen LogP contribution in [-0.4, -0.2) is 41.5 Å². The summed E-state index contributed by atoms with van der Waals surface area (Å²) in [5, 5.41) is 18.5. The number of nitrogens with two attached hydrogens (primary N) is 1. The minimum absolute atomic E-state index is 0.0383. The number of fused-ring (bicyclic) bond motifs is 1. The van der Waals surface area contributed by atoms with Gasteiger partial charge in [0.2, 0.25) is 0 Å². The summed E-state index contributed by atoms with van der Waals surface area (Å²) in [6, 6.07) is 8.95. The van der Waals surface area contributed by atoms with E-state index < -0.39 is 36.4 Å². The first kappa shape index (κ1) is 25.4. The van der Waals surface area contributed by atoms with Crippen molar-refractivity contribution in [1.29, 1.82) is 0 Å². The average molecular weight is 473 g/mol. The molecule has 0 saturated carbocycles. The van der Waals surface area contributed by atoms with Crippen LogP contribution in [-0.2, 0) is 31.9 Å². The van der Waals surface area contributed by atoms with Crippen molar-refractivity contribution in [1.82, 2.24) is 0 Å². The number of alkyl halides is 5. The Kier molecular flexibility index (Phi) is 7.65. The van der Waals surface area contributed by atoms with Gasteiger partial charge in [-0.3, -0.25) is 0 Å². The molecule has 9 heteroatoms. The number of aliphatic hydroxyl groups excluding tert-OH is 2. The lowest BCUT2D eigenvalue weighted by molar-refractivity contribution is -0.139. The fraction of sp³-hybridized carbons (Fsp3) is 0.500. The number of benzene rings is 2. The number of hydrogen-bond acceptors (Lipinski definition) is 4. The van der Waals surface area contributed by atoms with E-state index >= 15 is 0 Å². The lowest BCUT2D eigenvalue weighted by Crippen LogP contribution is -2.47. The molecule has 0 fully saturated rings. The molecule has 1 aliphatic carbocycles. The maximum atomic E-state index is 13.6. The van der Waals surface area contributed by atoms with E-state index in [0.29, 0.717) is 29.5 Å². The zero-order valence-electron chi connectivity index (χ0n) is 18.1. The van der Waals surface area contributed by atoms with Crippen LogP contribution in [0.25, 0.3) is 0 Å². The van der Waals surface area contributed by atoms with Gasteiger partial charge in [-0.1, -0.05) is 24.3 Å². The van der Waals surface area contributed by atoms with Gasteiger partial charge in [0, 0.05) is 12.8 Å². The van der Waals surface area contributed by atoms with E-state index in [1.807, 2.05) is 0 Å². The van der Waals surface area contributed by atoms with Crippen LogP contribution in [0, 0.1) is 0 Å². The Morgan fingerprint density at radius 1 is 0.909 bits per heavy atom. The molecule has 0 atom stereocenters. The van der Waals surface area contributed by atoms with E-state index in [4.69, 9.17) is 10.5 Å². The zero-order valence-corrected chi connectivity index (χ0v) is 18.1. The maximum Gasteiger partial charge on any atom is 0.419 e. The Morgan fingerprint density at radius 2 is 1.55 bits per heavy atom. The van der Waals surface area contributed by atoms with E-state index in [0.717, 1.165) is 11.6 Å². The summed E-state index contributed by atoms with van der Waals surface area (Å²) in [7, 11) is 0.